The number of hydrogen-bond donors (Lipinski definition) is 4. The van der Waals surface area contributed by atoms with E-state index in [1.54, 1.807) is 53.3 Å². The van der Waals surface area contributed by atoms with Gasteiger partial charge in [0.25, 0.3) is 0 Å². The Morgan fingerprint density at radius 2 is 1.76 bits per heavy atom. The van der Waals surface area contributed by atoms with Crippen molar-refractivity contribution in [1.29, 1.82) is 0 Å². The van der Waals surface area contributed by atoms with Gasteiger partial charge >= 0.3 is 0 Å². The average molecular weight is 1050 g/mol. The molecule has 4 amide bonds. The third kappa shape index (κ3) is 11.0. The highest BCUT2D eigenvalue weighted by Crippen LogP contribution is 2.42. The third-order valence-electron chi connectivity index (χ3n) is 14.0. The smallest absolute Gasteiger partial charge is 0.243 e. The molecule has 20 heteroatoms. The summed E-state index contributed by atoms with van der Waals surface area (Å²) in [4.78, 5) is 75.7. The number of piperazine rings is 1. The van der Waals surface area contributed by atoms with Crippen LogP contribution < -0.4 is 15.5 Å². The van der Waals surface area contributed by atoms with E-state index in [1.165, 1.54) is 17.9 Å². The second-order valence-corrected chi connectivity index (χ2v) is 20.4. The lowest BCUT2D eigenvalue weighted by Gasteiger charge is -2.35. The summed E-state index contributed by atoms with van der Waals surface area (Å²) in [7, 11) is 1.67. The van der Waals surface area contributed by atoms with Crippen molar-refractivity contribution in [3.05, 3.63) is 112 Å². The van der Waals surface area contributed by atoms with Crippen LogP contribution in [0.15, 0.2) is 82.8 Å². The van der Waals surface area contributed by atoms with Crippen LogP contribution in [-0.4, -0.2) is 134 Å². The molecular formula is C54H58ClFN10O7S. The number of halogens is 2. The lowest BCUT2D eigenvalue weighted by molar-refractivity contribution is -0.140. The molecule has 2 saturated heterocycles. The van der Waals surface area contributed by atoms with Crippen LogP contribution in [0.2, 0.25) is 5.02 Å². The fourth-order valence-electron chi connectivity index (χ4n) is 9.95. The van der Waals surface area contributed by atoms with E-state index < -0.39 is 23.9 Å². The maximum Gasteiger partial charge on any atom is 0.243 e. The normalized spacial score (nSPS) is 16.7. The van der Waals surface area contributed by atoms with Gasteiger partial charge in [0.2, 0.25) is 29.6 Å². The van der Waals surface area contributed by atoms with Gasteiger partial charge in [0, 0.05) is 89.6 Å². The Bertz CT molecular complexity index is 3240. The van der Waals surface area contributed by atoms with Crippen LogP contribution in [0.4, 0.5) is 16.2 Å². The second-order valence-electron chi connectivity index (χ2n) is 19.1. The van der Waals surface area contributed by atoms with E-state index in [0.717, 1.165) is 21.7 Å². The third-order valence-corrected chi connectivity index (χ3v) is 15.2. The van der Waals surface area contributed by atoms with E-state index in [9.17, 15) is 29.4 Å². The number of β-amino-alcohol motifs (C(OH)–C–C–N with tert-alkyl or cyclic N) is 1. The first-order chi connectivity index (χ1) is 35.5. The molecule has 0 saturated carbocycles. The maximum absolute atomic E-state index is 17.1. The molecule has 0 spiro atoms. The molecule has 0 bridgehead atoms. The first kappa shape index (κ1) is 51.7. The van der Waals surface area contributed by atoms with Crippen LogP contribution in [0.3, 0.4) is 0 Å². The van der Waals surface area contributed by atoms with Crippen molar-refractivity contribution in [2.24, 2.45) is 0 Å². The highest BCUT2D eigenvalue weighted by Gasteiger charge is 2.42. The number of hydrogen-bond acceptors (Lipinski definition) is 14. The van der Waals surface area contributed by atoms with Gasteiger partial charge in [-0.05, 0) is 79.3 Å². The molecule has 0 unspecified atom stereocenters. The van der Waals surface area contributed by atoms with Crippen LogP contribution in [0, 0.1) is 19.7 Å². The predicted octanol–water partition coefficient (Wildman–Crippen LogP) is 8.01. The molecule has 0 aliphatic carbocycles. The van der Waals surface area contributed by atoms with Gasteiger partial charge in [-0.1, -0.05) is 65.3 Å². The first-order valence-corrected chi connectivity index (χ1v) is 25.9. The summed E-state index contributed by atoms with van der Waals surface area (Å²) < 4.78 is 22.7. The number of anilines is 2. The van der Waals surface area contributed by atoms with Crippen LogP contribution >= 0.6 is 22.9 Å². The Morgan fingerprint density at radius 1 is 1.00 bits per heavy atom. The number of aliphatic hydroxyl groups is 1. The second kappa shape index (κ2) is 22.1. The number of benzene rings is 4. The van der Waals surface area contributed by atoms with Crippen molar-refractivity contribution in [3.63, 3.8) is 0 Å². The first-order valence-electron chi connectivity index (χ1n) is 24.7. The number of aliphatic hydroxyl groups excluding tert-OH is 1. The molecule has 0 radical (unpaired) electrons. The Balaban J connectivity index is 0.862. The number of aryl methyl sites for hydroxylation is 2. The van der Waals surface area contributed by atoms with Gasteiger partial charge in [-0.2, -0.15) is 4.98 Å². The summed E-state index contributed by atoms with van der Waals surface area (Å²) in [5, 5.41) is 33.5. The molecule has 7 aromatic rings. The molecule has 5 heterocycles. The van der Waals surface area contributed by atoms with Crippen molar-refractivity contribution in [2.75, 3.05) is 63.1 Å². The van der Waals surface area contributed by atoms with E-state index in [2.05, 4.69) is 25.8 Å². The van der Waals surface area contributed by atoms with Crippen molar-refractivity contribution in [2.45, 2.75) is 77.5 Å². The minimum Gasteiger partial charge on any atom is -0.508 e. The van der Waals surface area contributed by atoms with Gasteiger partial charge in [-0.3, -0.25) is 19.2 Å². The zero-order chi connectivity index (χ0) is 52.4. The fraction of sp³-hybridized carbons (Fsp3) is 0.370. The van der Waals surface area contributed by atoms with Crippen molar-refractivity contribution in [1.82, 2.24) is 40.1 Å². The van der Waals surface area contributed by atoms with Gasteiger partial charge in [0.1, 0.15) is 28.9 Å². The number of carbonyl (C=O) groups excluding carboxylic acids is 4. The monoisotopic (exact) mass is 1040 g/mol. The van der Waals surface area contributed by atoms with Crippen molar-refractivity contribution >= 4 is 80.0 Å². The van der Waals surface area contributed by atoms with E-state index in [-0.39, 0.29) is 96.4 Å². The van der Waals surface area contributed by atoms with Crippen LogP contribution in [-0.2, 0) is 19.2 Å². The number of amides is 4. The minimum absolute atomic E-state index is 0.0121. The zero-order valence-electron chi connectivity index (χ0n) is 41.8. The number of likely N-dealkylation sites (tertiary alicyclic amines) is 1. The predicted molar refractivity (Wildman–Crippen MR) is 283 cm³/mol. The molecule has 4 atom stereocenters. The average Bonchev–Trinajstić information content (AvgIpc) is 4.14. The Morgan fingerprint density at radius 3 is 2.46 bits per heavy atom. The van der Waals surface area contributed by atoms with Crippen LogP contribution in [0.5, 0.6) is 5.75 Å². The van der Waals surface area contributed by atoms with E-state index in [1.807, 2.05) is 72.8 Å². The molecule has 2 aliphatic rings. The largest absolute Gasteiger partial charge is 0.508 e. The number of nitrogens with zero attached hydrogens (tertiary/aromatic N) is 8. The lowest BCUT2D eigenvalue weighted by Crippen LogP contribution is -2.48. The SMILES string of the molecule is CC(=O)N1CCN(c2nc(NCCC(=O)N(C)CCC[C@H](C(=O)N3C[C@H](O)C[C@H]3C(=O)N[C@@H](C)c3ccc(-c4scnc4C)cc3)c3cc(C)no3)nc3c(F)c(-c4cc(O)cc5ccccc45)c(Cl)cc23)CC1. The summed E-state index contributed by atoms with van der Waals surface area (Å²) in [5.74, 6) is -1.80. The van der Waals surface area contributed by atoms with E-state index in [0.29, 0.717) is 71.6 Å². The number of aromatic hydroxyl groups is 1. The summed E-state index contributed by atoms with van der Waals surface area (Å²) in [5.41, 5.74) is 5.70. The number of phenolic OH excluding ortho intramolecular Hbond substituents is 1. The number of carbonyl (C=O) groups is 4. The standard InChI is InChI=1S/C54H58ClFN10O7S/c1-30-23-45(73-62-30)40(53(72)66-28-38(69)26-44(66)52(71)59-31(2)34-12-14-35(15-13-34)50-32(3)58-29-74-50)11-8-18-63(5)46(70)16-17-57-54-60-49-42(51(61-54)65-21-19-64(20-22-65)33(4)67)27-43(55)47(48(49)56)41-25-37(68)24-36-9-6-7-10-39(36)41/h6-7,9-10,12-15,23-25,27,29,31,38,40,44,68-69H,8,11,16-22,26,28H2,1-5H3,(H,59,71)(H,57,60,61)/t31-,38+,40-,44-/m0/s1. The molecule has 2 aliphatic heterocycles. The summed E-state index contributed by atoms with van der Waals surface area (Å²) in [6.45, 7) is 9.18. The molecule has 2 fully saturated rings. The van der Waals surface area contributed by atoms with Crippen molar-refractivity contribution < 1.29 is 38.3 Å². The molecule has 386 valence electrons. The topological polar surface area (TPSA) is 210 Å². The maximum atomic E-state index is 17.1. The molecule has 3 aromatic heterocycles. The molecule has 4 aromatic carbocycles. The Hall–Kier alpha value is -7.22. The van der Waals surface area contributed by atoms with Crippen molar-refractivity contribution in [3.8, 4) is 27.3 Å². The number of thiazole rings is 1. The van der Waals surface area contributed by atoms with Gasteiger partial charge in [0.15, 0.2) is 5.82 Å². The number of rotatable bonds is 16. The van der Waals surface area contributed by atoms with Crippen LogP contribution in [0.1, 0.15) is 74.2 Å². The molecule has 4 N–H and O–H groups in total. The molecule has 9 rings (SSSR count). The van der Waals surface area contributed by atoms with Gasteiger partial charge in [0.05, 0.1) is 44.9 Å². The van der Waals surface area contributed by atoms with E-state index in [4.69, 9.17) is 21.1 Å². The number of nitrogens with one attached hydrogen (secondary N) is 2. The Labute approximate surface area is 436 Å². The fourth-order valence-corrected chi connectivity index (χ4v) is 11.1. The van der Waals surface area contributed by atoms with Crippen LogP contribution in [0.25, 0.3) is 43.2 Å². The summed E-state index contributed by atoms with van der Waals surface area (Å²) in [6.07, 6.45) is -0.159. The lowest BCUT2D eigenvalue weighted by atomic mass is 9.96. The van der Waals surface area contributed by atoms with Gasteiger partial charge in [-0.15, -0.1) is 11.3 Å². The molecule has 17 nitrogen and oxygen atoms in total. The van der Waals surface area contributed by atoms with E-state index >= 15 is 4.39 Å². The molecule has 74 heavy (non-hydrogen) atoms. The number of fused-ring (bicyclic) bond motifs is 2. The highest BCUT2D eigenvalue weighted by atomic mass is 35.5. The number of phenols is 1. The highest BCUT2D eigenvalue weighted by molar-refractivity contribution is 7.13. The summed E-state index contributed by atoms with van der Waals surface area (Å²) in [6, 6.07) is 20.3. The molecular weight excluding hydrogens is 987 g/mol. The Kier molecular flexibility index (Phi) is 15.4. The number of aromatic nitrogens is 4. The zero-order valence-corrected chi connectivity index (χ0v) is 43.3. The quantitative estimate of drug-likeness (QED) is 0.0724. The minimum atomic E-state index is -0.919. The summed E-state index contributed by atoms with van der Waals surface area (Å²) >= 11 is 8.47. The van der Waals surface area contributed by atoms with Gasteiger partial charge in [-0.25, -0.2) is 14.4 Å². The van der Waals surface area contributed by atoms with Gasteiger partial charge < -0.3 is 45.0 Å².